The van der Waals surface area contributed by atoms with Crippen LogP contribution in [0.15, 0.2) is 24.4 Å². The van der Waals surface area contributed by atoms with E-state index in [-0.39, 0.29) is 23.5 Å². The van der Waals surface area contributed by atoms with E-state index in [1.54, 1.807) is 18.0 Å². The van der Waals surface area contributed by atoms with Crippen molar-refractivity contribution in [3.8, 4) is 5.75 Å². The van der Waals surface area contributed by atoms with E-state index in [9.17, 15) is 13.5 Å². The minimum absolute atomic E-state index is 0.118. The minimum atomic E-state index is -3.01. The number of sulfone groups is 1. The molecule has 1 unspecified atom stereocenters. The molecule has 1 aliphatic heterocycles. The van der Waals surface area contributed by atoms with E-state index in [2.05, 4.69) is 10.3 Å². The molecule has 0 radical (unpaired) electrons. The van der Waals surface area contributed by atoms with E-state index in [0.29, 0.717) is 18.5 Å². The van der Waals surface area contributed by atoms with E-state index >= 15 is 0 Å². The zero-order valence-corrected chi connectivity index (χ0v) is 15.5. The molecule has 0 spiro atoms. The summed E-state index contributed by atoms with van der Waals surface area (Å²) >= 11 is 0. The van der Waals surface area contributed by atoms with Crippen LogP contribution in [0.5, 0.6) is 5.75 Å². The van der Waals surface area contributed by atoms with E-state index < -0.39 is 15.9 Å². The van der Waals surface area contributed by atoms with Crippen LogP contribution in [0.25, 0.3) is 0 Å². The Morgan fingerprint density at radius 2 is 2.15 bits per heavy atom. The van der Waals surface area contributed by atoms with Gasteiger partial charge in [0.05, 0.1) is 30.4 Å². The van der Waals surface area contributed by atoms with E-state index in [1.807, 2.05) is 18.2 Å². The van der Waals surface area contributed by atoms with Crippen LogP contribution in [0.4, 0.5) is 0 Å². The lowest BCUT2D eigenvalue weighted by Gasteiger charge is -2.30. The SMILES string of the molecule is COc1ccc2c(c1)[C@@H](n1cc(C3CCCS(=O)(=O)C3)nn1)[C@H](O)CC2. The van der Waals surface area contributed by atoms with Crippen LogP contribution in [0.2, 0.25) is 0 Å². The number of aliphatic hydroxyl groups is 1. The summed E-state index contributed by atoms with van der Waals surface area (Å²) < 4.78 is 30.8. The zero-order valence-electron chi connectivity index (χ0n) is 14.7. The average molecular weight is 377 g/mol. The Hall–Kier alpha value is -1.93. The Morgan fingerprint density at radius 3 is 2.92 bits per heavy atom. The van der Waals surface area contributed by atoms with E-state index in [4.69, 9.17) is 4.74 Å². The van der Waals surface area contributed by atoms with Gasteiger partial charge >= 0.3 is 0 Å². The molecule has 2 aliphatic rings. The first kappa shape index (κ1) is 17.5. The lowest BCUT2D eigenvalue weighted by atomic mass is 9.85. The van der Waals surface area contributed by atoms with Gasteiger partial charge in [-0.15, -0.1) is 5.10 Å². The maximum atomic E-state index is 11.9. The third-order valence-corrected chi connectivity index (χ3v) is 7.26. The van der Waals surface area contributed by atoms with Crippen molar-refractivity contribution in [1.82, 2.24) is 15.0 Å². The molecule has 8 heteroatoms. The Morgan fingerprint density at radius 1 is 1.31 bits per heavy atom. The predicted molar refractivity (Wildman–Crippen MR) is 96.1 cm³/mol. The second kappa shape index (κ2) is 6.66. The Kier molecular flexibility index (Phi) is 4.48. The molecule has 0 amide bonds. The van der Waals surface area contributed by atoms with Crippen molar-refractivity contribution in [3.63, 3.8) is 0 Å². The first-order chi connectivity index (χ1) is 12.5. The van der Waals surface area contributed by atoms with E-state index in [0.717, 1.165) is 24.2 Å². The van der Waals surface area contributed by atoms with Gasteiger partial charge in [-0.3, -0.25) is 0 Å². The standard InChI is InChI=1S/C18H23N3O4S/c1-25-14-6-4-12-5-7-17(22)18(15(12)9-14)21-10-16(19-20-21)13-3-2-8-26(23,24)11-13/h4,6,9-10,13,17-18,22H,2-3,5,7-8,11H2,1H3/t13?,17-,18-/m1/s1. The second-order valence-electron chi connectivity index (χ2n) is 7.19. The van der Waals surface area contributed by atoms with Crippen LogP contribution in [0.3, 0.4) is 0 Å². The van der Waals surface area contributed by atoms with Gasteiger partial charge in [0.1, 0.15) is 11.8 Å². The summed E-state index contributed by atoms with van der Waals surface area (Å²) in [6, 6.07) is 5.55. The van der Waals surface area contributed by atoms with Crippen molar-refractivity contribution in [2.75, 3.05) is 18.6 Å². The van der Waals surface area contributed by atoms with Gasteiger partial charge in [-0.25, -0.2) is 13.1 Å². The highest BCUT2D eigenvalue weighted by molar-refractivity contribution is 7.91. The number of aryl methyl sites for hydroxylation is 1. The lowest BCUT2D eigenvalue weighted by Crippen LogP contribution is -2.31. The fourth-order valence-electron chi connectivity index (χ4n) is 4.06. The number of ether oxygens (including phenoxy) is 1. The molecule has 3 atom stereocenters. The number of rotatable bonds is 3. The van der Waals surface area contributed by atoms with Gasteiger partial charge in [0.25, 0.3) is 0 Å². The first-order valence-corrected chi connectivity index (χ1v) is 10.8. The molecule has 2 aromatic rings. The number of benzene rings is 1. The average Bonchev–Trinajstić information content (AvgIpc) is 3.10. The molecular weight excluding hydrogens is 354 g/mol. The quantitative estimate of drug-likeness (QED) is 0.871. The Labute approximate surface area is 152 Å². The third kappa shape index (κ3) is 3.23. The van der Waals surface area contributed by atoms with Crippen LogP contribution in [-0.2, 0) is 16.3 Å². The molecule has 2 heterocycles. The second-order valence-corrected chi connectivity index (χ2v) is 9.42. The van der Waals surface area contributed by atoms with Gasteiger partial charge in [0, 0.05) is 12.1 Å². The summed E-state index contributed by atoms with van der Waals surface area (Å²) in [6.45, 7) is 0. The summed E-state index contributed by atoms with van der Waals surface area (Å²) in [4.78, 5) is 0. The molecule has 1 N–H and O–H groups in total. The number of fused-ring (bicyclic) bond motifs is 1. The molecule has 1 aliphatic carbocycles. The minimum Gasteiger partial charge on any atom is -0.497 e. The van der Waals surface area contributed by atoms with Crippen LogP contribution >= 0.6 is 0 Å². The van der Waals surface area contributed by atoms with Crippen LogP contribution in [-0.4, -0.2) is 53.2 Å². The molecule has 0 saturated carbocycles. The fourth-order valence-corrected chi connectivity index (χ4v) is 5.78. The number of nitrogens with zero attached hydrogens (tertiary/aromatic N) is 3. The summed E-state index contributed by atoms with van der Waals surface area (Å²) in [6.07, 6.45) is 4.14. The van der Waals surface area contributed by atoms with Gasteiger partial charge in [-0.1, -0.05) is 11.3 Å². The first-order valence-electron chi connectivity index (χ1n) is 8.94. The number of hydrogen-bond acceptors (Lipinski definition) is 6. The fraction of sp³-hybridized carbons (Fsp3) is 0.556. The molecule has 4 rings (SSSR count). The van der Waals surface area contributed by atoms with Crippen LogP contribution in [0, 0.1) is 0 Å². The number of aliphatic hydroxyl groups excluding tert-OH is 1. The number of aromatic nitrogens is 3. The van der Waals surface area contributed by atoms with Crippen LogP contribution < -0.4 is 4.74 Å². The van der Waals surface area contributed by atoms with Crippen molar-refractivity contribution in [2.45, 2.75) is 43.7 Å². The highest BCUT2D eigenvalue weighted by atomic mass is 32.2. The normalized spacial score (nSPS) is 27.7. The van der Waals surface area contributed by atoms with Crippen molar-refractivity contribution < 1.29 is 18.3 Å². The topological polar surface area (TPSA) is 94.3 Å². The summed E-state index contributed by atoms with van der Waals surface area (Å²) in [5.41, 5.74) is 2.84. The Bertz CT molecular complexity index is 909. The summed E-state index contributed by atoms with van der Waals surface area (Å²) in [5.74, 6) is 1.00. The molecule has 1 fully saturated rings. The molecule has 1 saturated heterocycles. The van der Waals surface area contributed by atoms with Crippen molar-refractivity contribution in [1.29, 1.82) is 0 Å². The highest BCUT2D eigenvalue weighted by Crippen LogP contribution is 2.36. The van der Waals surface area contributed by atoms with Crippen molar-refractivity contribution in [3.05, 3.63) is 41.2 Å². The molecule has 7 nitrogen and oxygen atoms in total. The summed E-state index contributed by atoms with van der Waals surface area (Å²) in [5, 5.41) is 19.1. The third-order valence-electron chi connectivity index (χ3n) is 5.44. The Balaban J connectivity index is 1.67. The molecule has 1 aromatic heterocycles. The number of methoxy groups -OCH3 is 1. The lowest BCUT2D eigenvalue weighted by molar-refractivity contribution is 0.107. The molecular formula is C18H23N3O4S. The largest absolute Gasteiger partial charge is 0.497 e. The van der Waals surface area contributed by atoms with Crippen LogP contribution in [0.1, 0.15) is 48.0 Å². The molecule has 0 bridgehead atoms. The van der Waals surface area contributed by atoms with Crippen molar-refractivity contribution in [2.24, 2.45) is 0 Å². The molecule has 140 valence electrons. The van der Waals surface area contributed by atoms with Gasteiger partial charge in [0.2, 0.25) is 0 Å². The maximum absolute atomic E-state index is 11.9. The molecule has 26 heavy (non-hydrogen) atoms. The summed E-state index contributed by atoms with van der Waals surface area (Å²) in [7, 11) is -1.39. The maximum Gasteiger partial charge on any atom is 0.150 e. The zero-order chi connectivity index (χ0) is 18.3. The van der Waals surface area contributed by atoms with E-state index in [1.165, 1.54) is 5.56 Å². The predicted octanol–water partition coefficient (Wildman–Crippen LogP) is 1.48. The number of hydrogen-bond donors (Lipinski definition) is 1. The van der Waals surface area contributed by atoms with Gasteiger partial charge in [-0.05, 0) is 48.9 Å². The molecule has 1 aromatic carbocycles. The van der Waals surface area contributed by atoms with Gasteiger partial charge in [0.15, 0.2) is 9.84 Å². The van der Waals surface area contributed by atoms with Crippen molar-refractivity contribution >= 4 is 9.84 Å². The highest BCUT2D eigenvalue weighted by Gasteiger charge is 2.33. The van der Waals surface area contributed by atoms with Gasteiger partial charge < -0.3 is 9.84 Å². The smallest absolute Gasteiger partial charge is 0.150 e. The van der Waals surface area contributed by atoms with Gasteiger partial charge in [-0.2, -0.15) is 0 Å². The monoisotopic (exact) mass is 377 g/mol.